The van der Waals surface area contributed by atoms with Crippen molar-refractivity contribution in [3.8, 4) is 0 Å². The molecule has 0 saturated carbocycles. The van der Waals surface area contributed by atoms with E-state index in [1.54, 1.807) is 0 Å². The van der Waals surface area contributed by atoms with Gasteiger partial charge in [0, 0.05) is 44.1 Å². The van der Waals surface area contributed by atoms with Crippen molar-refractivity contribution in [2.75, 3.05) is 42.5 Å². The van der Waals surface area contributed by atoms with Gasteiger partial charge in [0.15, 0.2) is 0 Å². The summed E-state index contributed by atoms with van der Waals surface area (Å²) in [4.78, 5) is 19.1. The number of urea groups is 1. The molecule has 0 aliphatic carbocycles. The van der Waals surface area contributed by atoms with Crippen LogP contribution in [0.5, 0.6) is 0 Å². The summed E-state index contributed by atoms with van der Waals surface area (Å²) >= 11 is 0. The van der Waals surface area contributed by atoms with E-state index in [4.69, 9.17) is 0 Å². The van der Waals surface area contributed by atoms with E-state index in [-0.39, 0.29) is 6.03 Å². The van der Waals surface area contributed by atoms with Crippen LogP contribution < -0.4 is 9.80 Å². The van der Waals surface area contributed by atoms with Gasteiger partial charge in [0.25, 0.3) is 0 Å². The number of rotatable bonds is 3. The lowest BCUT2D eigenvalue weighted by Crippen LogP contribution is -2.53. The van der Waals surface area contributed by atoms with E-state index in [1.165, 1.54) is 16.8 Å². The molecule has 1 saturated heterocycles. The van der Waals surface area contributed by atoms with E-state index in [0.29, 0.717) is 6.54 Å². The maximum atomic E-state index is 12.9. The highest BCUT2D eigenvalue weighted by Gasteiger charge is 2.26. The SMILES string of the molecule is CCN(C(=O)N1CCN(c2cccc(C)c2C)CC1)c1ccccc1. The molecular formula is C21H27N3O. The number of nitrogens with zero attached hydrogens (tertiary/aromatic N) is 3. The number of hydrogen-bond acceptors (Lipinski definition) is 2. The number of anilines is 2. The third kappa shape index (κ3) is 3.63. The van der Waals surface area contributed by atoms with Crippen molar-refractivity contribution in [1.82, 2.24) is 4.90 Å². The van der Waals surface area contributed by atoms with Gasteiger partial charge in [-0.15, -0.1) is 0 Å². The van der Waals surface area contributed by atoms with E-state index in [1.807, 2.05) is 47.1 Å². The first-order valence-electron chi connectivity index (χ1n) is 9.04. The minimum Gasteiger partial charge on any atom is -0.368 e. The maximum Gasteiger partial charge on any atom is 0.324 e. The second-order valence-corrected chi connectivity index (χ2v) is 6.56. The lowest BCUT2D eigenvalue weighted by Gasteiger charge is -2.39. The zero-order chi connectivity index (χ0) is 17.8. The number of carbonyl (C=O) groups is 1. The van der Waals surface area contributed by atoms with Crippen molar-refractivity contribution < 1.29 is 4.79 Å². The average molecular weight is 337 g/mol. The third-order valence-corrected chi connectivity index (χ3v) is 5.08. The molecule has 2 aromatic rings. The summed E-state index contributed by atoms with van der Waals surface area (Å²) in [5, 5.41) is 0. The average Bonchev–Trinajstić information content (AvgIpc) is 2.65. The van der Waals surface area contributed by atoms with E-state index >= 15 is 0 Å². The van der Waals surface area contributed by atoms with Gasteiger partial charge in [0.05, 0.1) is 0 Å². The highest BCUT2D eigenvalue weighted by atomic mass is 16.2. The van der Waals surface area contributed by atoms with Crippen LogP contribution in [-0.4, -0.2) is 43.7 Å². The van der Waals surface area contributed by atoms with E-state index in [9.17, 15) is 4.79 Å². The number of carbonyl (C=O) groups excluding carboxylic acids is 1. The number of aryl methyl sites for hydroxylation is 1. The summed E-state index contributed by atoms with van der Waals surface area (Å²) < 4.78 is 0. The van der Waals surface area contributed by atoms with Crippen LogP contribution in [0.15, 0.2) is 48.5 Å². The van der Waals surface area contributed by atoms with Crippen molar-refractivity contribution in [3.63, 3.8) is 0 Å². The number of benzene rings is 2. The fraction of sp³-hybridized carbons (Fsp3) is 0.381. The largest absolute Gasteiger partial charge is 0.368 e. The van der Waals surface area contributed by atoms with Crippen LogP contribution in [0, 0.1) is 13.8 Å². The first-order chi connectivity index (χ1) is 12.1. The molecule has 4 heteroatoms. The Morgan fingerprint density at radius 1 is 0.960 bits per heavy atom. The molecule has 0 bridgehead atoms. The smallest absolute Gasteiger partial charge is 0.324 e. The minimum absolute atomic E-state index is 0.106. The molecule has 1 aliphatic heterocycles. The summed E-state index contributed by atoms with van der Waals surface area (Å²) in [7, 11) is 0. The van der Waals surface area contributed by atoms with Gasteiger partial charge in [-0.2, -0.15) is 0 Å². The Morgan fingerprint density at radius 2 is 1.64 bits per heavy atom. The lowest BCUT2D eigenvalue weighted by atomic mass is 10.1. The number of para-hydroxylation sites is 1. The number of hydrogen-bond donors (Lipinski definition) is 0. The predicted octanol–water partition coefficient (Wildman–Crippen LogP) is 4.07. The van der Waals surface area contributed by atoms with Crippen LogP contribution in [-0.2, 0) is 0 Å². The zero-order valence-electron chi connectivity index (χ0n) is 15.4. The van der Waals surface area contributed by atoms with Crippen molar-refractivity contribution in [3.05, 3.63) is 59.7 Å². The molecule has 0 N–H and O–H groups in total. The molecule has 0 spiro atoms. The Kier molecular flexibility index (Phi) is 5.27. The highest BCUT2D eigenvalue weighted by Crippen LogP contribution is 2.24. The Balaban J connectivity index is 1.67. The van der Waals surface area contributed by atoms with E-state index in [2.05, 4.69) is 36.9 Å². The van der Waals surface area contributed by atoms with Gasteiger partial charge in [-0.05, 0) is 50.1 Å². The molecule has 132 valence electrons. The highest BCUT2D eigenvalue weighted by molar-refractivity contribution is 5.92. The number of amides is 2. The van der Waals surface area contributed by atoms with Gasteiger partial charge in [0.1, 0.15) is 0 Å². The first-order valence-corrected chi connectivity index (χ1v) is 9.04. The van der Waals surface area contributed by atoms with Gasteiger partial charge in [-0.3, -0.25) is 4.90 Å². The second-order valence-electron chi connectivity index (χ2n) is 6.56. The van der Waals surface area contributed by atoms with Crippen molar-refractivity contribution in [2.24, 2.45) is 0 Å². The third-order valence-electron chi connectivity index (χ3n) is 5.08. The maximum absolute atomic E-state index is 12.9. The Morgan fingerprint density at radius 3 is 2.28 bits per heavy atom. The molecule has 0 unspecified atom stereocenters. The molecule has 0 aromatic heterocycles. The Labute approximate surface area is 150 Å². The van der Waals surface area contributed by atoms with Gasteiger partial charge >= 0.3 is 6.03 Å². The summed E-state index contributed by atoms with van der Waals surface area (Å²) in [6.07, 6.45) is 0. The van der Waals surface area contributed by atoms with Crippen LogP contribution >= 0.6 is 0 Å². The van der Waals surface area contributed by atoms with Crippen LogP contribution in [0.4, 0.5) is 16.2 Å². The molecule has 3 rings (SSSR count). The summed E-state index contributed by atoms with van der Waals surface area (Å²) in [5.74, 6) is 0. The van der Waals surface area contributed by atoms with Crippen molar-refractivity contribution in [2.45, 2.75) is 20.8 Å². The molecule has 1 fully saturated rings. The lowest BCUT2D eigenvalue weighted by molar-refractivity contribution is 0.201. The number of piperazine rings is 1. The topological polar surface area (TPSA) is 26.8 Å². The van der Waals surface area contributed by atoms with E-state index < -0.39 is 0 Å². The molecule has 2 aromatic carbocycles. The molecule has 4 nitrogen and oxygen atoms in total. The Bertz CT molecular complexity index is 721. The molecule has 25 heavy (non-hydrogen) atoms. The molecular weight excluding hydrogens is 310 g/mol. The summed E-state index contributed by atoms with van der Waals surface area (Å²) in [6, 6.07) is 16.5. The Hall–Kier alpha value is -2.49. The zero-order valence-corrected chi connectivity index (χ0v) is 15.4. The summed E-state index contributed by atoms with van der Waals surface area (Å²) in [6.45, 7) is 10.3. The van der Waals surface area contributed by atoms with Crippen LogP contribution in [0.25, 0.3) is 0 Å². The van der Waals surface area contributed by atoms with E-state index in [0.717, 1.165) is 31.9 Å². The van der Waals surface area contributed by atoms with Gasteiger partial charge < -0.3 is 9.80 Å². The minimum atomic E-state index is 0.106. The standard InChI is InChI=1S/C21H27N3O/c1-4-24(19-10-6-5-7-11-19)21(25)23-15-13-22(14-16-23)20-12-8-9-17(2)18(20)3/h5-12H,4,13-16H2,1-3H3. The first kappa shape index (κ1) is 17.3. The molecule has 1 heterocycles. The van der Waals surface area contributed by atoms with Gasteiger partial charge in [-0.25, -0.2) is 4.79 Å². The van der Waals surface area contributed by atoms with Crippen LogP contribution in [0.1, 0.15) is 18.1 Å². The molecule has 0 atom stereocenters. The van der Waals surface area contributed by atoms with Crippen molar-refractivity contribution in [1.29, 1.82) is 0 Å². The van der Waals surface area contributed by atoms with Crippen LogP contribution in [0.3, 0.4) is 0 Å². The fourth-order valence-corrected chi connectivity index (χ4v) is 3.42. The monoisotopic (exact) mass is 337 g/mol. The normalized spacial score (nSPS) is 14.5. The fourth-order valence-electron chi connectivity index (χ4n) is 3.42. The quantitative estimate of drug-likeness (QED) is 0.844. The molecule has 0 radical (unpaired) electrons. The predicted molar refractivity (Wildman–Crippen MR) is 105 cm³/mol. The molecule has 1 aliphatic rings. The van der Waals surface area contributed by atoms with Crippen molar-refractivity contribution >= 4 is 17.4 Å². The molecule has 2 amide bonds. The van der Waals surface area contributed by atoms with Gasteiger partial charge in [-0.1, -0.05) is 30.3 Å². The van der Waals surface area contributed by atoms with Gasteiger partial charge in [0.2, 0.25) is 0 Å². The second kappa shape index (κ2) is 7.60. The summed E-state index contributed by atoms with van der Waals surface area (Å²) in [5.41, 5.74) is 4.91. The van der Waals surface area contributed by atoms with Crippen LogP contribution in [0.2, 0.25) is 0 Å².